The fourth-order valence-corrected chi connectivity index (χ4v) is 4.28. The summed E-state index contributed by atoms with van der Waals surface area (Å²) in [4.78, 5) is 47.3. The van der Waals surface area contributed by atoms with Gasteiger partial charge in [-0.1, -0.05) is 36.4 Å². The normalized spacial score (nSPS) is 22.1. The minimum atomic E-state index is -1.24. The van der Waals surface area contributed by atoms with Crippen molar-refractivity contribution in [3.05, 3.63) is 54.1 Å². The number of para-hydroxylation sites is 1. The molecule has 5 atom stereocenters. The molecule has 0 N–H and O–H groups in total. The van der Waals surface area contributed by atoms with Gasteiger partial charge in [-0.05, 0) is 37.1 Å². The highest BCUT2D eigenvalue weighted by Crippen LogP contribution is 2.35. The Labute approximate surface area is 232 Å². The smallest absolute Gasteiger partial charge is 0.332 e. The molecule has 11 heteroatoms. The second-order valence-corrected chi connectivity index (χ2v) is 9.04. The zero-order valence-corrected chi connectivity index (χ0v) is 23.1. The number of carbonyl (C=O) groups excluding carboxylic acids is 4. The summed E-state index contributed by atoms with van der Waals surface area (Å²) >= 11 is 0. The van der Waals surface area contributed by atoms with E-state index in [1.807, 2.05) is 36.4 Å². The van der Waals surface area contributed by atoms with Gasteiger partial charge >= 0.3 is 23.9 Å². The Morgan fingerprint density at radius 1 is 0.825 bits per heavy atom. The number of esters is 4. The maximum Gasteiger partial charge on any atom is 0.332 e. The van der Waals surface area contributed by atoms with Crippen LogP contribution in [0.3, 0.4) is 0 Å². The summed E-state index contributed by atoms with van der Waals surface area (Å²) in [6.45, 7) is 7.28. The molecule has 2 aromatic rings. The minimum Gasteiger partial charge on any atom is -0.464 e. The zero-order chi connectivity index (χ0) is 29.2. The highest BCUT2D eigenvalue weighted by atomic mass is 16.7. The van der Waals surface area contributed by atoms with E-state index >= 15 is 0 Å². The van der Waals surface area contributed by atoms with Gasteiger partial charge in [-0.15, -0.1) is 0 Å². The fourth-order valence-electron chi connectivity index (χ4n) is 4.28. The van der Waals surface area contributed by atoms with Crippen LogP contribution in [-0.4, -0.2) is 67.8 Å². The Morgan fingerprint density at radius 3 is 2.15 bits per heavy atom. The lowest BCUT2D eigenvalue weighted by Crippen LogP contribution is -2.62. The highest BCUT2D eigenvalue weighted by molar-refractivity contribution is 5.72. The highest BCUT2D eigenvalue weighted by Gasteiger charge is 2.51. The van der Waals surface area contributed by atoms with Gasteiger partial charge in [-0.3, -0.25) is 14.4 Å². The number of benzene rings is 2. The Bertz CT molecular complexity index is 1190. The topological polar surface area (TPSA) is 133 Å². The van der Waals surface area contributed by atoms with Crippen molar-refractivity contribution in [2.75, 3.05) is 13.2 Å². The molecular formula is C29H34O11. The van der Waals surface area contributed by atoms with Crippen molar-refractivity contribution in [2.45, 2.75) is 71.9 Å². The van der Waals surface area contributed by atoms with Crippen LogP contribution in [0.1, 0.15) is 40.2 Å². The first-order chi connectivity index (χ1) is 19.1. The number of rotatable bonds is 11. The van der Waals surface area contributed by atoms with Gasteiger partial charge < -0.3 is 33.2 Å². The van der Waals surface area contributed by atoms with Crippen molar-refractivity contribution in [3.63, 3.8) is 0 Å². The molecule has 2 aromatic carbocycles. The van der Waals surface area contributed by atoms with Crippen LogP contribution in [0.5, 0.6) is 5.75 Å². The molecule has 0 unspecified atom stereocenters. The van der Waals surface area contributed by atoms with E-state index in [0.29, 0.717) is 11.3 Å². The molecule has 1 fully saturated rings. The van der Waals surface area contributed by atoms with Crippen molar-refractivity contribution < 1.29 is 52.3 Å². The van der Waals surface area contributed by atoms with Gasteiger partial charge in [0.25, 0.3) is 0 Å². The van der Waals surface area contributed by atoms with Crippen LogP contribution in [0, 0.1) is 0 Å². The summed E-state index contributed by atoms with van der Waals surface area (Å²) in [7, 11) is 0. The summed E-state index contributed by atoms with van der Waals surface area (Å²) in [5.41, 5.74) is 2.30. The number of carbonyl (C=O) groups is 4. The second-order valence-electron chi connectivity index (χ2n) is 9.04. The van der Waals surface area contributed by atoms with E-state index in [1.54, 1.807) is 26.0 Å². The minimum absolute atomic E-state index is 0.162. The third-order valence-corrected chi connectivity index (χ3v) is 5.80. The van der Waals surface area contributed by atoms with E-state index in [0.717, 1.165) is 11.1 Å². The summed E-state index contributed by atoms with van der Waals surface area (Å²) in [6.07, 6.45) is -5.42. The SMILES string of the molecule is CCOC(=O)COCc1cccc(-c2ccccc2O[C@@H]2O[C@@H](C)[C@@H](OC(C)=O)[C@@H](OC(C)=O)[C@@H]2OC(C)=O)c1. The van der Waals surface area contributed by atoms with Crippen LogP contribution < -0.4 is 4.74 Å². The van der Waals surface area contributed by atoms with Gasteiger partial charge in [0.2, 0.25) is 12.4 Å². The lowest BCUT2D eigenvalue weighted by atomic mass is 9.98. The molecule has 1 aliphatic rings. The predicted molar refractivity (Wildman–Crippen MR) is 140 cm³/mol. The van der Waals surface area contributed by atoms with Gasteiger partial charge in [0, 0.05) is 26.3 Å². The van der Waals surface area contributed by atoms with Crippen LogP contribution in [0.4, 0.5) is 0 Å². The van der Waals surface area contributed by atoms with Crippen molar-refractivity contribution in [3.8, 4) is 16.9 Å². The molecule has 11 nitrogen and oxygen atoms in total. The molecule has 0 bridgehead atoms. The summed E-state index contributed by atoms with van der Waals surface area (Å²) in [6, 6.07) is 14.6. The molecule has 3 rings (SSSR count). The Morgan fingerprint density at radius 2 is 1.48 bits per heavy atom. The molecule has 1 aliphatic heterocycles. The van der Waals surface area contributed by atoms with Gasteiger partial charge in [0.1, 0.15) is 12.4 Å². The predicted octanol–water partition coefficient (Wildman–Crippen LogP) is 3.35. The number of ether oxygens (including phenoxy) is 7. The Hall–Kier alpha value is -3.96. The van der Waals surface area contributed by atoms with E-state index in [9.17, 15) is 19.2 Å². The third-order valence-electron chi connectivity index (χ3n) is 5.80. The van der Waals surface area contributed by atoms with E-state index in [2.05, 4.69) is 0 Å². The van der Waals surface area contributed by atoms with Gasteiger partial charge in [0.05, 0.1) is 19.3 Å². The molecule has 1 saturated heterocycles. The standard InChI is InChI=1S/C29H34O11/c1-6-35-25(33)16-34-15-21-10-9-11-22(14-21)23-12-7-8-13-24(23)40-29-28(39-20(5)32)27(38-19(4)31)26(17(2)36-29)37-18(3)30/h7-14,17,26-29H,6,15-16H2,1-5H3/t17-,26+,27+,28-,29-/m0/s1. The third kappa shape index (κ3) is 8.52. The Kier molecular flexibility index (Phi) is 11.0. The lowest BCUT2D eigenvalue weighted by molar-refractivity contribution is -0.280. The summed E-state index contributed by atoms with van der Waals surface area (Å²) < 4.78 is 38.9. The lowest BCUT2D eigenvalue weighted by Gasteiger charge is -2.43. The first-order valence-electron chi connectivity index (χ1n) is 12.8. The first-order valence-corrected chi connectivity index (χ1v) is 12.8. The maximum absolute atomic E-state index is 12.0. The molecule has 0 aromatic heterocycles. The van der Waals surface area contributed by atoms with Gasteiger partial charge in [0.15, 0.2) is 12.2 Å². The molecule has 0 spiro atoms. The number of hydrogen-bond acceptors (Lipinski definition) is 11. The maximum atomic E-state index is 12.0. The van der Waals surface area contributed by atoms with Gasteiger partial charge in [-0.25, -0.2) is 4.79 Å². The summed E-state index contributed by atoms with van der Waals surface area (Å²) in [5, 5.41) is 0. The van der Waals surface area contributed by atoms with Gasteiger partial charge in [-0.2, -0.15) is 0 Å². The fraction of sp³-hybridized carbons (Fsp3) is 0.448. The van der Waals surface area contributed by atoms with Crippen molar-refractivity contribution >= 4 is 23.9 Å². The van der Waals surface area contributed by atoms with E-state index < -0.39 is 54.6 Å². The molecule has 0 amide bonds. The zero-order valence-electron chi connectivity index (χ0n) is 23.1. The average Bonchev–Trinajstić information content (AvgIpc) is 2.88. The van der Waals surface area contributed by atoms with Crippen LogP contribution >= 0.6 is 0 Å². The molecule has 1 heterocycles. The molecule has 40 heavy (non-hydrogen) atoms. The molecule has 216 valence electrons. The van der Waals surface area contributed by atoms with Crippen molar-refractivity contribution in [2.24, 2.45) is 0 Å². The number of hydrogen-bond donors (Lipinski definition) is 0. The second kappa shape index (κ2) is 14.4. The largest absolute Gasteiger partial charge is 0.464 e. The average molecular weight is 559 g/mol. The first kappa shape index (κ1) is 30.6. The van der Waals surface area contributed by atoms with Crippen LogP contribution in [0.2, 0.25) is 0 Å². The van der Waals surface area contributed by atoms with E-state index in [1.165, 1.54) is 20.8 Å². The summed E-state index contributed by atoms with van der Waals surface area (Å²) in [5.74, 6) is -1.98. The van der Waals surface area contributed by atoms with Crippen molar-refractivity contribution in [1.82, 2.24) is 0 Å². The van der Waals surface area contributed by atoms with Crippen LogP contribution in [-0.2, 0) is 54.2 Å². The van der Waals surface area contributed by atoms with E-state index in [-0.39, 0.29) is 19.8 Å². The molecule has 0 radical (unpaired) electrons. The monoisotopic (exact) mass is 558 g/mol. The van der Waals surface area contributed by atoms with Crippen LogP contribution in [0.15, 0.2) is 48.5 Å². The molecule has 0 aliphatic carbocycles. The van der Waals surface area contributed by atoms with Crippen molar-refractivity contribution in [1.29, 1.82) is 0 Å². The molecular weight excluding hydrogens is 524 g/mol. The van der Waals surface area contributed by atoms with Crippen LogP contribution in [0.25, 0.3) is 11.1 Å². The molecule has 0 saturated carbocycles. The Balaban J connectivity index is 1.88. The van der Waals surface area contributed by atoms with E-state index in [4.69, 9.17) is 33.2 Å². The quantitative estimate of drug-likeness (QED) is 0.297.